The van der Waals surface area contributed by atoms with Crippen LogP contribution >= 0.6 is 11.6 Å². The molecule has 32 heavy (non-hydrogen) atoms. The van der Waals surface area contributed by atoms with Gasteiger partial charge in [-0.15, -0.1) is 0 Å². The Morgan fingerprint density at radius 3 is 2.34 bits per heavy atom. The number of hydrogen-bond acceptors (Lipinski definition) is 8. The Morgan fingerprint density at radius 1 is 1.00 bits per heavy atom. The molecule has 10 heteroatoms. The molecule has 0 fully saturated rings. The summed E-state index contributed by atoms with van der Waals surface area (Å²) < 4.78 is 27.2. The zero-order valence-corrected chi connectivity index (χ0v) is 18.6. The van der Waals surface area contributed by atoms with Crippen molar-refractivity contribution in [2.75, 3.05) is 40.1 Å². The number of rotatable bonds is 9. The molecule has 0 saturated carbocycles. The molecule has 0 atom stereocenters. The van der Waals surface area contributed by atoms with Crippen LogP contribution in [0.15, 0.2) is 36.4 Å². The highest BCUT2D eigenvalue weighted by Gasteiger charge is 2.27. The van der Waals surface area contributed by atoms with Crippen LogP contribution in [0.3, 0.4) is 0 Å². The number of ether oxygens (including phenoxy) is 5. The van der Waals surface area contributed by atoms with Crippen molar-refractivity contribution in [3.05, 3.63) is 52.7 Å². The molecule has 3 rings (SSSR count). The molecule has 2 N–H and O–H groups in total. The number of nitrogens with zero attached hydrogens (tertiary/aromatic N) is 1. The fourth-order valence-corrected chi connectivity index (χ4v) is 3.32. The van der Waals surface area contributed by atoms with Gasteiger partial charge in [-0.25, -0.2) is 9.36 Å². The van der Waals surface area contributed by atoms with Crippen LogP contribution in [0.2, 0.25) is 5.02 Å². The first-order chi connectivity index (χ1) is 15.4. The average Bonchev–Trinajstić information content (AvgIpc) is 3.07. The van der Waals surface area contributed by atoms with Gasteiger partial charge in [-0.3, -0.25) is 4.79 Å². The van der Waals surface area contributed by atoms with Crippen molar-refractivity contribution in [3.63, 3.8) is 0 Å². The minimum absolute atomic E-state index is 0.0125. The predicted molar refractivity (Wildman–Crippen MR) is 119 cm³/mol. The van der Waals surface area contributed by atoms with Crippen LogP contribution in [0.4, 0.5) is 10.5 Å². The van der Waals surface area contributed by atoms with Gasteiger partial charge in [0.2, 0.25) is 5.78 Å². The summed E-state index contributed by atoms with van der Waals surface area (Å²) in [7, 11) is 2.95. The van der Waals surface area contributed by atoms with Crippen LogP contribution in [0.1, 0.15) is 23.0 Å². The Balaban J connectivity index is 2.14. The van der Waals surface area contributed by atoms with E-state index in [0.717, 1.165) is 4.57 Å². The molecular formula is C22H23ClN2O7. The van der Waals surface area contributed by atoms with Gasteiger partial charge in [0, 0.05) is 30.2 Å². The predicted octanol–water partition coefficient (Wildman–Crippen LogP) is 4.08. The standard InChI is InChI=1S/C22H23ClN2O7/c1-4-30-22(27)25-16-10-14(23)6-7-15(16)19(24)20(25)21(26)13-5-8-17(31-11-28-2)18(9-13)32-12-29-3/h5-10H,4,11-12,24H2,1-3H3. The highest BCUT2D eigenvalue weighted by Crippen LogP contribution is 2.34. The van der Waals surface area contributed by atoms with Gasteiger partial charge in [0.05, 0.1) is 17.8 Å². The van der Waals surface area contributed by atoms with E-state index in [0.29, 0.717) is 21.7 Å². The molecule has 0 saturated heterocycles. The largest absolute Gasteiger partial charge is 0.464 e. The van der Waals surface area contributed by atoms with Gasteiger partial charge >= 0.3 is 6.09 Å². The quantitative estimate of drug-likeness (QED) is 0.374. The Bertz CT molecular complexity index is 1140. The van der Waals surface area contributed by atoms with Crippen LogP contribution < -0.4 is 15.2 Å². The van der Waals surface area contributed by atoms with Crippen LogP contribution in [0, 0.1) is 0 Å². The van der Waals surface area contributed by atoms with E-state index < -0.39 is 11.9 Å². The van der Waals surface area contributed by atoms with E-state index in [1.807, 2.05) is 0 Å². The zero-order valence-electron chi connectivity index (χ0n) is 17.8. The molecule has 0 aliphatic heterocycles. The number of carbonyl (C=O) groups excluding carboxylic acids is 2. The molecule has 1 heterocycles. The second-order valence-electron chi connectivity index (χ2n) is 6.55. The lowest BCUT2D eigenvalue weighted by atomic mass is 10.1. The van der Waals surface area contributed by atoms with Gasteiger partial charge in [0.15, 0.2) is 25.1 Å². The number of fused-ring (bicyclic) bond motifs is 1. The molecule has 9 nitrogen and oxygen atoms in total. The van der Waals surface area contributed by atoms with E-state index in [9.17, 15) is 9.59 Å². The van der Waals surface area contributed by atoms with Crippen LogP contribution in [0.25, 0.3) is 10.9 Å². The van der Waals surface area contributed by atoms with E-state index in [4.69, 9.17) is 41.0 Å². The number of anilines is 1. The topological polar surface area (TPSA) is 111 Å². The highest BCUT2D eigenvalue weighted by molar-refractivity contribution is 6.31. The summed E-state index contributed by atoms with van der Waals surface area (Å²) in [5.74, 6) is 0.102. The summed E-state index contributed by atoms with van der Waals surface area (Å²) in [6.45, 7) is 1.71. The number of nitrogens with two attached hydrogens (primary N) is 1. The van der Waals surface area contributed by atoms with E-state index in [-0.39, 0.29) is 42.9 Å². The number of aromatic nitrogens is 1. The number of halogens is 1. The average molecular weight is 463 g/mol. The molecule has 170 valence electrons. The van der Waals surface area contributed by atoms with Gasteiger partial charge in [0.25, 0.3) is 0 Å². The van der Waals surface area contributed by atoms with Gasteiger partial charge in [0.1, 0.15) is 5.69 Å². The molecule has 0 amide bonds. The third-order valence-corrected chi connectivity index (χ3v) is 4.74. The molecular weight excluding hydrogens is 440 g/mol. The van der Waals surface area contributed by atoms with Crippen molar-refractivity contribution >= 4 is 40.1 Å². The number of hydrogen-bond donors (Lipinski definition) is 1. The first kappa shape index (κ1) is 23.4. The summed E-state index contributed by atoms with van der Waals surface area (Å²) in [6.07, 6.45) is -0.740. The Labute approximate surface area is 189 Å². The van der Waals surface area contributed by atoms with E-state index in [1.54, 1.807) is 31.2 Å². The number of methoxy groups -OCH3 is 2. The fraction of sp³-hybridized carbons (Fsp3) is 0.273. The number of ketones is 1. The molecule has 0 bridgehead atoms. The van der Waals surface area contributed by atoms with Crippen molar-refractivity contribution in [2.24, 2.45) is 0 Å². The molecule has 3 aromatic rings. The fourth-order valence-electron chi connectivity index (χ4n) is 3.15. The summed E-state index contributed by atoms with van der Waals surface area (Å²) >= 11 is 6.12. The second-order valence-corrected chi connectivity index (χ2v) is 6.99. The molecule has 0 radical (unpaired) electrons. The summed E-state index contributed by atoms with van der Waals surface area (Å²) in [6, 6.07) is 9.40. The highest BCUT2D eigenvalue weighted by atomic mass is 35.5. The zero-order chi connectivity index (χ0) is 23.3. The second kappa shape index (κ2) is 10.4. The Morgan fingerprint density at radius 2 is 1.69 bits per heavy atom. The van der Waals surface area contributed by atoms with Crippen LogP contribution in [0.5, 0.6) is 11.5 Å². The first-order valence-electron chi connectivity index (χ1n) is 9.61. The lowest BCUT2D eigenvalue weighted by molar-refractivity contribution is 0.0322. The van der Waals surface area contributed by atoms with Crippen LogP contribution in [-0.4, -0.2) is 50.9 Å². The first-order valence-corrected chi connectivity index (χ1v) is 9.99. The summed E-state index contributed by atoms with van der Waals surface area (Å²) in [5, 5.41) is 0.885. The molecule has 2 aromatic carbocycles. The van der Waals surface area contributed by atoms with E-state index in [1.165, 1.54) is 26.4 Å². The normalized spacial score (nSPS) is 10.9. The van der Waals surface area contributed by atoms with E-state index in [2.05, 4.69) is 0 Å². The monoisotopic (exact) mass is 462 g/mol. The summed E-state index contributed by atoms with van der Waals surface area (Å²) in [5.41, 5.74) is 6.97. The molecule has 0 aliphatic carbocycles. The van der Waals surface area contributed by atoms with Crippen LogP contribution in [-0.2, 0) is 14.2 Å². The maximum Gasteiger partial charge on any atom is 0.419 e. The third-order valence-electron chi connectivity index (χ3n) is 4.51. The molecule has 1 aromatic heterocycles. The lowest BCUT2D eigenvalue weighted by Gasteiger charge is -2.14. The molecule has 0 aliphatic rings. The van der Waals surface area contributed by atoms with Gasteiger partial charge in [-0.05, 0) is 43.3 Å². The summed E-state index contributed by atoms with van der Waals surface area (Å²) in [4.78, 5) is 26.2. The lowest BCUT2D eigenvalue weighted by Crippen LogP contribution is -2.20. The third kappa shape index (κ3) is 4.64. The van der Waals surface area contributed by atoms with Gasteiger partial charge in [-0.1, -0.05) is 11.6 Å². The number of nitrogen functional groups attached to an aromatic ring is 1. The SMILES string of the molecule is CCOC(=O)n1c(C(=O)c2ccc(OCOC)c(OCOC)c2)c(N)c2ccc(Cl)cc21. The van der Waals surface area contributed by atoms with Crippen molar-refractivity contribution < 1.29 is 33.3 Å². The van der Waals surface area contributed by atoms with Crippen molar-refractivity contribution in [1.29, 1.82) is 0 Å². The molecule has 0 spiro atoms. The maximum absolute atomic E-state index is 13.5. The molecule has 0 unspecified atom stereocenters. The van der Waals surface area contributed by atoms with Crippen molar-refractivity contribution in [3.8, 4) is 11.5 Å². The maximum atomic E-state index is 13.5. The van der Waals surface area contributed by atoms with Crippen molar-refractivity contribution in [1.82, 2.24) is 4.57 Å². The Hall–Kier alpha value is -3.27. The smallest absolute Gasteiger partial charge is 0.419 e. The van der Waals surface area contributed by atoms with E-state index >= 15 is 0 Å². The Kier molecular flexibility index (Phi) is 7.57. The number of benzene rings is 2. The minimum Gasteiger partial charge on any atom is -0.464 e. The number of carbonyl (C=O) groups is 2. The van der Waals surface area contributed by atoms with Gasteiger partial charge < -0.3 is 29.4 Å². The van der Waals surface area contributed by atoms with Gasteiger partial charge in [-0.2, -0.15) is 0 Å². The minimum atomic E-state index is -0.740. The van der Waals surface area contributed by atoms with Crippen molar-refractivity contribution in [2.45, 2.75) is 6.92 Å².